The minimum Gasteiger partial charge on any atom is -0.335 e. The number of nitrogens with zero attached hydrogens (tertiary/aromatic N) is 3. The van der Waals surface area contributed by atoms with Crippen LogP contribution in [0.15, 0.2) is 77.8 Å². The molecule has 2 amide bonds. The first-order valence-electron chi connectivity index (χ1n) is 12.5. The van der Waals surface area contributed by atoms with E-state index in [1.165, 1.54) is 28.1 Å². The van der Waals surface area contributed by atoms with Gasteiger partial charge < -0.3 is 9.80 Å². The molecule has 3 aromatic carbocycles. The van der Waals surface area contributed by atoms with Crippen LogP contribution in [0.5, 0.6) is 0 Å². The van der Waals surface area contributed by atoms with Crippen LogP contribution in [0.25, 0.3) is 10.9 Å². The minimum atomic E-state index is -5.01. The third-order valence-corrected chi connectivity index (χ3v) is 8.12. The molecule has 2 heterocycles. The molecule has 42 heavy (non-hydrogen) atoms. The van der Waals surface area contributed by atoms with Crippen molar-refractivity contribution in [2.75, 3.05) is 30.9 Å². The Balaban J connectivity index is 1.34. The zero-order chi connectivity index (χ0) is 30.2. The molecule has 5 rings (SSSR count). The van der Waals surface area contributed by atoms with E-state index >= 15 is 0 Å². The van der Waals surface area contributed by atoms with Crippen LogP contribution < -0.4 is 4.72 Å². The molecule has 0 saturated carbocycles. The number of amides is 2. The van der Waals surface area contributed by atoms with Gasteiger partial charge in [-0.3, -0.25) is 19.3 Å². The van der Waals surface area contributed by atoms with Gasteiger partial charge in [0.15, 0.2) is 11.6 Å². The molecule has 14 heteroatoms. The highest BCUT2D eigenvalue weighted by atomic mass is 32.2. The molecule has 1 aliphatic rings. The quantitative estimate of drug-likeness (QED) is 0.326. The maximum Gasteiger partial charge on any atom is 0.418 e. The summed E-state index contributed by atoms with van der Waals surface area (Å²) in [4.78, 5) is 32.0. The van der Waals surface area contributed by atoms with Gasteiger partial charge in [0.25, 0.3) is 21.8 Å². The summed E-state index contributed by atoms with van der Waals surface area (Å²) in [6.07, 6.45) is -3.65. The molecule has 1 aliphatic heterocycles. The molecule has 1 saturated heterocycles. The van der Waals surface area contributed by atoms with Gasteiger partial charge in [-0.1, -0.05) is 18.2 Å². The summed E-state index contributed by atoms with van der Waals surface area (Å²) in [6.45, 7) is -0.0462. The molecule has 0 aliphatic carbocycles. The van der Waals surface area contributed by atoms with Gasteiger partial charge in [0, 0.05) is 48.9 Å². The fourth-order valence-electron chi connectivity index (χ4n) is 4.60. The number of pyridine rings is 1. The van der Waals surface area contributed by atoms with E-state index in [1.54, 1.807) is 18.2 Å². The maximum absolute atomic E-state index is 14.1. The normalized spacial score (nSPS) is 14.2. The first kappa shape index (κ1) is 28.9. The lowest BCUT2D eigenvalue weighted by Crippen LogP contribution is -2.50. The van der Waals surface area contributed by atoms with Gasteiger partial charge in [0.1, 0.15) is 4.90 Å². The summed E-state index contributed by atoms with van der Waals surface area (Å²) in [6, 6.07) is 12.7. The minimum absolute atomic E-state index is 0.00659. The summed E-state index contributed by atoms with van der Waals surface area (Å²) in [5.41, 5.74) is -2.47. The van der Waals surface area contributed by atoms with Crippen molar-refractivity contribution in [1.82, 2.24) is 14.8 Å². The Hall–Kier alpha value is -4.59. The van der Waals surface area contributed by atoms with Gasteiger partial charge in [0.2, 0.25) is 0 Å². The molecule has 0 atom stereocenters. The number of aromatic nitrogens is 1. The van der Waals surface area contributed by atoms with Crippen LogP contribution in [-0.4, -0.2) is 61.2 Å². The lowest BCUT2D eigenvalue weighted by atomic mass is 10.1. The number of carbonyl (C=O) groups is 2. The standard InChI is InChI=1S/C28H21F5N4O4S/c29-21-8-6-19(16-22(21)30)27(39)37-13-11-36(12-14-37)26(38)18-7-9-23(20(15-18)28(31,32)33)35-42(40,41)24-5-1-3-17-4-2-10-34-25(17)24/h1-10,15-16,35H,11-14H2. The van der Waals surface area contributed by atoms with Crippen LogP contribution >= 0.6 is 0 Å². The van der Waals surface area contributed by atoms with Crippen LogP contribution in [0.1, 0.15) is 26.3 Å². The number of halogens is 5. The molecule has 1 fully saturated rings. The molecular weight excluding hydrogens is 583 g/mol. The highest BCUT2D eigenvalue weighted by molar-refractivity contribution is 7.93. The summed E-state index contributed by atoms with van der Waals surface area (Å²) in [5, 5.41) is 0.476. The highest BCUT2D eigenvalue weighted by Gasteiger charge is 2.36. The third-order valence-electron chi connectivity index (χ3n) is 6.72. The van der Waals surface area contributed by atoms with Crippen molar-refractivity contribution < 1.29 is 40.0 Å². The van der Waals surface area contributed by atoms with Crippen LogP contribution in [0.4, 0.5) is 27.6 Å². The highest BCUT2D eigenvalue weighted by Crippen LogP contribution is 2.37. The van der Waals surface area contributed by atoms with Crippen molar-refractivity contribution >= 4 is 38.4 Å². The smallest absolute Gasteiger partial charge is 0.335 e. The van der Waals surface area contributed by atoms with Gasteiger partial charge in [-0.25, -0.2) is 17.2 Å². The van der Waals surface area contributed by atoms with Gasteiger partial charge in [-0.15, -0.1) is 0 Å². The number of hydrogen-bond donors (Lipinski definition) is 1. The molecule has 0 radical (unpaired) electrons. The Morgan fingerprint density at radius 2 is 1.38 bits per heavy atom. The predicted molar refractivity (Wildman–Crippen MR) is 142 cm³/mol. The summed E-state index contributed by atoms with van der Waals surface area (Å²) >= 11 is 0. The van der Waals surface area contributed by atoms with Crippen LogP contribution in [0, 0.1) is 11.6 Å². The van der Waals surface area contributed by atoms with Crippen molar-refractivity contribution in [3.8, 4) is 0 Å². The first-order valence-corrected chi connectivity index (χ1v) is 13.9. The number of para-hydroxylation sites is 1. The largest absolute Gasteiger partial charge is 0.418 e. The third kappa shape index (κ3) is 5.75. The zero-order valence-corrected chi connectivity index (χ0v) is 22.3. The Kier molecular flexibility index (Phi) is 7.58. The second-order valence-electron chi connectivity index (χ2n) is 9.41. The van der Waals surface area contributed by atoms with Crippen LogP contribution in [0.2, 0.25) is 0 Å². The fourth-order valence-corrected chi connectivity index (χ4v) is 5.86. The van der Waals surface area contributed by atoms with Gasteiger partial charge in [0.05, 0.1) is 16.8 Å². The van der Waals surface area contributed by atoms with Crippen LogP contribution in [0.3, 0.4) is 0 Å². The molecule has 1 aromatic heterocycles. The van der Waals surface area contributed by atoms with Crippen LogP contribution in [-0.2, 0) is 16.2 Å². The van der Waals surface area contributed by atoms with Crippen molar-refractivity contribution in [2.24, 2.45) is 0 Å². The number of carbonyl (C=O) groups excluding carboxylic acids is 2. The first-order chi connectivity index (χ1) is 19.8. The number of rotatable bonds is 5. The monoisotopic (exact) mass is 604 g/mol. The Morgan fingerprint density at radius 1 is 0.786 bits per heavy atom. The Bertz CT molecular complexity index is 1800. The number of sulfonamides is 1. The van der Waals surface area contributed by atoms with E-state index in [4.69, 9.17) is 0 Å². The molecule has 0 spiro atoms. The maximum atomic E-state index is 14.1. The number of hydrogen-bond acceptors (Lipinski definition) is 5. The number of alkyl halides is 3. The average Bonchev–Trinajstić information content (AvgIpc) is 2.97. The van der Waals surface area contributed by atoms with E-state index in [2.05, 4.69) is 4.98 Å². The average molecular weight is 605 g/mol. The Morgan fingerprint density at radius 3 is 2.00 bits per heavy atom. The van der Waals surface area contributed by atoms with Crippen molar-refractivity contribution in [3.63, 3.8) is 0 Å². The van der Waals surface area contributed by atoms with Gasteiger partial charge in [-0.05, 0) is 48.5 Å². The predicted octanol–water partition coefficient (Wildman–Crippen LogP) is 4.93. The van der Waals surface area contributed by atoms with Crippen molar-refractivity contribution in [2.45, 2.75) is 11.1 Å². The second kappa shape index (κ2) is 11.0. The fraction of sp³-hybridized carbons (Fsp3) is 0.179. The zero-order valence-electron chi connectivity index (χ0n) is 21.5. The van der Waals surface area contributed by atoms with E-state index in [9.17, 15) is 40.0 Å². The molecule has 8 nitrogen and oxygen atoms in total. The molecule has 0 bridgehead atoms. The van der Waals surface area contributed by atoms with Gasteiger partial charge in [-0.2, -0.15) is 13.2 Å². The number of fused-ring (bicyclic) bond motifs is 1. The topological polar surface area (TPSA) is 99.7 Å². The molecule has 0 unspecified atom stereocenters. The van der Waals surface area contributed by atoms with E-state index in [0.29, 0.717) is 11.5 Å². The number of piperazine rings is 1. The summed E-state index contributed by atoms with van der Waals surface area (Å²) in [5.74, 6) is -3.63. The van der Waals surface area contributed by atoms with E-state index in [0.717, 1.165) is 30.3 Å². The van der Waals surface area contributed by atoms with Crippen molar-refractivity contribution in [1.29, 1.82) is 0 Å². The second-order valence-corrected chi connectivity index (χ2v) is 11.1. The molecular formula is C28H21F5N4O4S. The molecule has 4 aromatic rings. The summed E-state index contributed by atoms with van der Waals surface area (Å²) < 4.78 is 97.1. The van der Waals surface area contributed by atoms with E-state index < -0.39 is 50.9 Å². The number of benzene rings is 3. The SMILES string of the molecule is O=C(c1ccc(F)c(F)c1)N1CCN(C(=O)c2ccc(NS(=O)(=O)c3cccc4cccnc34)c(C(F)(F)F)c2)CC1. The van der Waals surface area contributed by atoms with Crippen molar-refractivity contribution in [3.05, 3.63) is 101 Å². The van der Waals surface area contributed by atoms with E-state index in [1.807, 2.05) is 4.72 Å². The lowest BCUT2D eigenvalue weighted by molar-refractivity contribution is -0.136. The molecule has 1 N–H and O–H groups in total. The number of anilines is 1. The summed E-state index contributed by atoms with van der Waals surface area (Å²) in [7, 11) is -4.51. The van der Waals surface area contributed by atoms with Gasteiger partial charge >= 0.3 is 6.18 Å². The lowest BCUT2D eigenvalue weighted by Gasteiger charge is -2.35. The molecule has 218 valence electrons. The Labute approximate surface area is 236 Å². The number of nitrogens with one attached hydrogen (secondary N) is 1. The van der Waals surface area contributed by atoms with E-state index in [-0.39, 0.29) is 47.7 Å².